The van der Waals surface area contributed by atoms with Gasteiger partial charge in [0, 0.05) is 5.92 Å². The number of aryl methyl sites for hydroxylation is 2. The molecule has 0 aliphatic heterocycles. The predicted octanol–water partition coefficient (Wildman–Crippen LogP) is 4.30. The van der Waals surface area contributed by atoms with E-state index in [1.165, 1.54) is 0 Å². The van der Waals surface area contributed by atoms with Gasteiger partial charge in [-0.05, 0) is 36.6 Å². The maximum absolute atomic E-state index is 12.8. The quantitative estimate of drug-likeness (QED) is 0.773. The lowest BCUT2D eigenvalue weighted by atomic mass is 9.89. The number of carbonyl (C=O) groups excluding carboxylic acids is 1. The van der Waals surface area contributed by atoms with Gasteiger partial charge in [0.25, 0.3) is 0 Å². The van der Waals surface area contributed by atoms with Gasteiger partial charge in [0.05, 0.1) is 12.7 Å². The molecule has 0 fully saturated rings. The number of ketones is 1. The summed E-state index contributed by atoms with van der Waals surface area (Å²) in [6.45, 7) is 5.90. The first-order valence-corrected chi connectivity index (χ1v) is 6.79. The standard InChI is InChI=1S/C18H20O2/c1-12-10-13(2)17(16(11-12)20-4)18(19)14(3)15-8-6-5-7-9-15/h5-11,14H,1-4H3. The Labute approximate surface area is 120 Å². The van der Waals surface area contributed by atoms with Crippen LogP contribution in [0.15, 0.2) is 42.5 Å². The van der Waals surface area contributed by atoms with E-state index in [0.717, 1.165) is 16.7 Å². The molecule has 20 heavy (non-hydrogen) atoms. The van der Waals surface area contributed by atoms with Crippen molar-refractivity contribution in [3.05, 3.63) is 64.7 Å². The number of benzene rings is 2. The molecule has 0 radical (unpaired) electrons. The Balaban J connectivity index is 2.44. The summed E-state index contributed by atoms with van der Waals surface area (Å²) in [6, 6.07) is 13.8. The first-order chi connectivity index (χ1) is 9.54. The van der Waals surface area contributed by atoms with Crippen LogP contribution in [0.4, 0.5) is 0 Å². The Morgan fingerprint density at radius 2 is 1.75 bits per heavy atom. The predicted molar refractivity (Wildman–Crippen MR) is 81.7 cm³/mol. The molecule has 0 saturated heterocycles. The second-order valence-corrected chi connectivity index (χ2v) is 5.16. The highest BCUT2D eigenvalue weighted by molar-refractivity contribution is 6.04. The number of ether oxygens (including phenoxy) is 1. The molecule has 0 N–H and O–H groups in total. The summed E-state index contributed by atoms with van der Waals surface area (Å²) in [5, 5.41) is 0. The molecule has 1 atom stereocenters. The lowest BCUT2D eigenvalue weighted by molar-refractivity contribution is 0.0962. The first-order valence-electron chi connectivity index (χ1n) is 6.79. The molecule has 0 aliphatic carbocycles. The highest BCUT2D eigenvalue weighted by Crippen LogP contribution is 2.30. The van der Waals surface area contributed by atoms with E-state index < -0.39 is 0 Å². The van der Waals surface area contributed by atoms with Crippen molar-refractivity contribution >= 4 is 5.78 Å². The molecule has 0 amide bonds. The highest BCUT2D eigenvalue weighted by Gasteiger charge is 2.22. The molecule has 2 aromatic rings. The second-order valence-electron chi connectivity index (χ2n) is 5.16. The first kappa shape index (κ1) is 14.3. The molecule has 104 valence electrons. The molecule has 0 heterocycles. The van der Waals surface area contributed by atoms with E-state index in [1.807, 2.05) is 63.2 Å². The number of hydrogen-bond acceptors (Lipinski definition) is 2. The van der Waals surface area contributed by atoms with Gasteiger partial charge in [0.1, 0.15) is 5.75 Å². The Morgan fingerprint density at radius 3 is 2.35 bits per heavy atom. The number of hydrogen-bond donors (Lipinski definition) is 0. The van der Waals surface area contributed by atoms with Crippen molar-refractivity contribution in [3.63, 3.8) is 0 Å². The minimum atomic E-state index is -0.175. The Kier molecular flexibility index (Phi) is 4.23. The van der Waals surface area contributed by atoms with Crippen LogP contribution in [0, 0.1) is 13.8 Å². The fraction of sp³-hybridized carbons (Fsp3) is 0.278. The Hall–Kier alpha value is -2.09. The zero-order valence-corrected chi connectivity index (χ0v) is 12.4. The molecule has 2 rings (SSSR count). The van der Waals surface area contributed by atoms with Crippen LogP contribution in [-0.2, 0) is 0 Å². The minimum absolute atomic E-state index is 0.102. The third-order valence-corrected chi connectivity index (χ3v) is 3.60. The Morgan fingerprint density at radius 1 is 1.10 bits per heavy atom. The van der Waals surface area contributed by atoms with E-state index in [4.69, 9.17) is 4.74 Å². The fourth-order valence-electron chi connectivity index (χ4n) is 2.51. The maximum atomic E-state index is 12.8. The van der Waals surface area contributed by atoms with Crippen LogP contribution in [0.3, 0.4) is 0 Å². The van der Waals surface area contributed by atoms with Crippen LogP contribution >= 0.6 is 0 Å². The van der Waals surface area contributed by atoms with Gasteiger partial charge in [0.2, 0.25) is 0 Å². The smallest absolute Gasteiger partial charge is 0.174 e. The zero-order chi connectivity index (χ0) is 14.7. The molecule has 2 nitrogen and oxygen atoms in total. The van der Waals surface area contributed by atoms with Gasteiger partial charge in [0.15, 0.2) is 5.78 Å². The van der Waals surface area contributed by atoms with Crippen LogP contribution in [0.2, 0.25) is 0 Å². The molecular formula is C18H20O2. The number of Topliss-reactive ketones (excluding diaryl/α,β-unsaturated/α-hetero) is 1. The summed E-state index contributed by atoms with van der Waals surface area (Å²) >= 11 is 0. The van der Waals surface area contributed by atoms with Crippen LogP contribution < -0.4 is 4.74 Å². The average Bonchev–Trinajstić information content (AvgIpc) is 2.46. The van der Waals surface area contributed by atoms with Crippen molar-refractivity contribution in [2.75, 3.05) is 7.11 Å². The van der Waals surface area contributed by atoms with Crippen LogP contribution in [0.5, 0.6) is 5.75 Å². The molecule has 2 heteroatoms. The van der Waals surface area contributed by atoms with Gasteiger partial charge in [-0.1, -0.05) is 43.3 Å². The summed E-state index contributed by atoms with van der Waals surface area (Å²) in [7, 11) is 1.61. The second kappa shape index (κ2) is 5.91. The van der Waals surface area contributed by atoms with E-state index in [2.05, 4.69) is 0 Å². The third-order valence-electron chi connectivity index (χ3n) is 3.60. The topological polar surface area (TPSA) is 26.3 Å². The molecule has 0 bridgehead atoms. The molecule has 0 spiro atoms. The van der Waals surface area contributed by atoms with Crippen molar-refractivity contribution in [3.8, 4) is 5.75 Å². The van der Waals surface area contributed by atoms with Crippen LogP contribution in [-0.4, -0.2) is 12.9 Å². The van der Waals surface area contributed by atoms with Crippen LogP contribution in [0.25, 0.3) is 0 Å². The lowest BCUT2D eigenvalue weighted by Gasteiger charge is -2.16. The van der Waals surface area contributed by atoms with E-state index in [0.29, 0.717) is 11.3 Å². The number of methoxy groups -OCH3 is 1. The SMILES string of the molecule is COc1cc(C)cc(C)c1C(=O)C(C)c1ccccc1. The lowest BCUT2D eigenvalue weighted by Crippen LogP contribution is -2.13. The fourth-order valence-corrected chi connectivity index (χ4v) is 2.51. The summed E-state index contributed by atoms with van der Waals surface area (Å²) in [4.78, 5) is 12.8. The van der Waals surface area contributed by atoms with Gasteiger partial charge >= 0.3 is 0 Å². The highest BCUT2D eigenvalue weighted by atomic mass is 16.5. The van der Waals surface area contributed by atoms with Crippen molar-refractivity contribution in [1.82, 2.24) is 0 Å². The van der Waals surface area contributed by atoms with Crippen molar-refractivity contribution in [1.29, 1.82) is 0 Å². The van der Waals surface area contributed by atoms with Crippen molar-refractivity contribution in [2.24, 2.45) is 0 Å². The van der Waals surface area contributed by atoms with E-state index in [1.54, 1.807) is 7.11 Å². The van der Waals surface area contributed by atoms with Crippen molar-refractivity contribution < 1.29 is 9.53 Å². The van der Waals surface area contributed by atoms with Crippen molar-refractivity contribution in [2.45, 2.75) is 26.7 Å². The molecule has 0 saturated carbocycles. The number of rotatable bonds is 4. The van der Waals surface area contributed by atoms with Gasteiger partial charge in [-0.15, -0.1) is 0 Å². The van der Waals surface area contributed by atoms with Crippen LogP contribution in [0.1, 0.15) is 39.9 Å². The maximum Gasteiger partial charge on any atom is 0.174 e. The van der Waals surface area contributed by atoms with Gasteiger partial charge < -0.3 is 4.74 Å². The van der Waals surface area contributed by atoms with E-state index >= 15 is 0 Å². The summed E-state index contributed by atoms with van der Waals surface area (Å²) in [5.74, 6) is 0.590. The third kappa shape index (κ3) is 2.74. The Bertz CT molecular complexity index is 615. The molecule has 0 aliphatic rings. The van der Waals surface area contributed by atoms with E-state index in [9.17, 15) is 4.79 Å². The van der Waals surface area contributed by atoms with Gasteiger partial charge in [-0.2, -0.15) is 0 Å². The largest absolute Gasteiger partial charge is 0.496 e. The summed E-state index contributed by atoms with van der Waals surface area (Å²) in [6.07, 6.45) is 0. The molecule has 0 aromatic heterocycles. The number of carbonyl (C=O) groups is 1. The van der Waals surface area contributed by atoms with Gasteiger partial charge in [-0.25, -0.2) is 0 Å². The normalized spacial score (nSPS) is 12.0. The average molecular weight is 268 g/mol. The van der Waals surface area contributed by atoms with Gasteiger partial charge in [-0.3, -0.25) is 4.79 Å². The summed E-state index contributed by atoms with van der Waals surface area (Å²) < 4.78 is 5.39. The zero-order valence-electron chi connectivity index (χ0n) is 12.4. The molecular weight excluding hydrogens is 248 g/mol. The summed E-state index contributed by atoms with van der Waals surface area (Å²) in [5.41, 5.74) is 3.78. The van der Waals surface area contributed by atoms with E-state index in [-0.39, 0.29) is 11.7 Å². The molecule has 1 unspecified atom stereocenters. The minimum Gasteiger partial charge on any atom is -0.496 e. The monoisotopic (exact) mass is 268 g/mol. The molecule has 2 aromatic carbocycles.